The fraction of sp³-hybridized carbons (Fsp3) is 0.800. The zero-order valence-electron chi connectivity index (χ0n) is 59.1. The molecule has 0 bridgehead atoms. The van der Waals surface area contributed by atoms with E-state index in [0.29, 0.717) is 12.8 Å². The minimum atomic E-state index is -1.71. The number of aliphatic hydroxyl groups is 3. The van der Waals surface area contributed by atoms with Gasteiger partial charge in [-0.15, -0.1) is 0 Å². The molecule has 522 valence electrons. The van der Waals surface area contributed by atoms with Gasteiger partial charge in [0.1, 0.15) is 66.5 Å². The van der Waals surface area contributed by atoms with Gasteiger partial charge in [-0.25, -0.2) is 0 Å². The Bertz CT molecular complexity index is 2460. The highest BCUT2D eigenvalue weighted by Crippen LogP contribution is 2.26. The minimum absolute atomic E-state index is 0.0332. The minimum Gasteiger partial charge on any atom is -0.396 e. The van der Waals surface area contributed by atoms with E-state index in [0.717, 1.165) is 14.7 Å². The molecule has 1 saturated heterocycles. The van der Waals surface area contributed by atoms with Crippen LogP contribution in [0.15, 0.2) is 12.2 Å². The average Bonchev–Trinajstić information content (AvgIpc) is 0.841. The average molecular weight is 1290 g/mol. The number of carbonyl (C=O) groups is 11. The van der Waals surface area contributed by atoms with Gasteiger partial charge in [-0.1, -0.05) is 95.2 Å². The number of unbranched alkanes of at least 4 members (excludes halogenated alkanes) is 1. The molecule has 0 saturated carbocycles. The predicted molar refractivity (Wildman–Crippen MR) is 347 cm³/mol. The maximum absolute atomic E-state index is 15.2. The molecule has 0 aromatic carbocycles. The molecular formula is C65H117N11O15. The first-order valence-electron chi connectivity index (χ1n) is 32.5. The summed E-state index contributed by atoms with van der Waals surface area (Å²) in [4.78, 5) is 171. The maximum Gasteiger partial charge on any atom is 0.248 e. The summed E-state index contributed by atoms with van der Waals surface area (Å²) in [5.41, 5.74) is 0. The van der Waals surface area contributed by atoms with E-state index in [1.54, 1.807) is 60.6 Å². The Morgan fingerprint density at radius 3 is 1.40 bits per heavy atom. The molecule has 0 radical (unpaired) electrons. The van der Waals surface area contributed by atoms with Crippen LogP contribution in [0.3, 0.4) is 0 Å². The van der Waals surface area contributed by atoms with Gasteiger partial charge in [-0.2, -0.15) is 0 Å². The Kier molecular flexibility index (Phi) is 35.2. The molecule has 7 N–H and O–H groups in total. The Morgan fingerprint density at radius 1 is 0.484 bits per heavy atom. The summed E-state index contributed by atoms with van der Waals surface area (Å²) in [5, 5.41) is 43.6. The van der Waals surface area contributed by atoms with Crippen LogP contribution < -0.4 is 21.3 Å². The quantitative estimate of drug-likeness (QED) is 0.0675. The van der Waals surface area contributed by atoms with E-state index in [1.807, 2.05) is 41.5 Å². The highest BCUT2D eigenvalue weighted by atomic mass is 16.5. The SMILES string of the molecule is C/C=C/[C@@H](C)[C@@H](O)[C@H]1C(=O)N[C@@H](CC)C(=O)N(CC)[C@H](CO)C(=O)N(C)C([C@@H](C)OCCCCO)C(=O)N[C@@H](C(C)C)C(=O)N(C)[C@@H](CC(C)C)C(=O)N[C@@H](C)C(=O)N[C@H](C)C(=O)N(C)[C@@H](CC(C)C)C(=O)N(C)[C@@H](CC(C)C)C(=O)N(C)[C@@H](C(C)C)C(=O)N1C. The lowest BCUT2D eigenvalue weighted by atomic mass is 9.93. The Hall–Kier alpha value is -6.25. The second kappa shape index (κ2) is 38.7. The van der Waals surface area contributed by atoms with Crippen LogP contribution in [0.4, 0.5) is 0 Å². The first-order valence-corrected chi connectivity index (χ1v) is 32.5. The van der Waals surface area contributed by atoms with Crippen molar-refractivity contribution in [1.29, 1.82) is 0 Å². The summed E-state index contributed by atoms with van der Waals surface area (Å²) in [6.07, 6.45) is 1.52. The van der Waals surface area contributed by atoms with Gasteiger partial charge in [0.25, 0.3) is 0 Å². The van der Waals surface area contributed by atoms with Crippen LogP contribution in [-0.4, -0.2) is 262 Å². The standard InChI is InChI=1S/C65H117N11O15/c1-24-29-41(14)54(79)53-58(83)68-45(25-2)60(85)76(26-3)49(35-78)63(88)74(22)52(44(17)91-31-28-27-30-77)57(82)69-50(39(10)11)64(89)70(18)46(32-36(4)5)56(81)66-42(15)55(80)67-43(16)59(84)71(19)47(33-37(6)7)61(86)72(20)48(34-38(8)9)62(87)73(21)51(40(12)13)65(90)75(53)23/h24,29,36-54,77-79H,25-28,30-35H2,1-23H3,(H,66,81)(H,67,80)(H,68,83)(H,69,82)/b29-24+/t41-,42+,43-,44-,45+,46+,47+,48+,49-,50+,51+,52?,53+,54-/m1/s1. The molecule has 0 aromatic rings. The molecule has 14 atom stereocenters. The van der Waals surface area contributed by atoms with Crippen LogP contribution in [-0.2, 0) is 57.5 Å². The zero-order chi connectivity index (χ0) is 70.4. The molecule has 0 aliphatic carbocycles. The number of carbonyl (C=O) groups excluding carboxylic acids is 11. The number of aliphatic hydroxyl groups excluding tert-OH is 3. The number of hydrogen-bond acceptors (Lipinski definition) is 15. The topological polar surface area (TPSA) is 328 Å². The number of likely N-dealkylation sites (N-methyl/N-ethyl adjacent to an activating group) is 7. The van der Waals surface area contributed by atoms with Crippen molar-refractivity contribution in [3.8, 4) is 0 Å². The second-order valence-corrected chi connectivity index (χ2v) is 26.6. The third kappa shape index (κ3) is 22.8. The summed E-state index contributed by atoms with van der Waals surface area (Å²) in [6.45, 7) is 27.3. The molecule has 1 aliphatic rings. The lowest BCUT2D eigenvalue weighted by Gasteiger charge is -2.41. The number of amides is 11. The Labute approximate surface area is 542 Å². The zero-order valence-corrected chi connectivity index (χ0v) is 59.1. The molecule has 1 fully saturated rings. The van der Waals surface area contributed by atoms with Crippen molar-refractivity contribution in [3.63, 3.8) is 0 Å². The molecule has 26 heteroatoms. The normalized spacial score (nSPS) is 27.0. The van der Waals surface area contributed by atoms with Gasteiger partial charge in [0.05, 0.1) is 18.8 Å². The number of nitrogens with one attached hydrogen (secondary N) is 4. The molecular weight excluding hydrogens is 1170 g/mol. The molecule has 1 aliphatic heterocycles. The first-order chi connectivity index (χ1) is 42.3. The van der Waals surface area contributed by atoms with Crippen molar-refractivity contribution in [1.82, 2.24) is 55.6 Å². The fourth-order valence-electron chi connectivity index (χ4n) is 11.5. The van der Waals surface area contributed by atoms with E-state index in [9.17, 15) is 53.7 Å². The van der Waals surface area contributed by atoms with Crippen LogP contribution in [0.1, 0.15) is 156 Å². The lowest BCUT2D eigenvalue weighted by molar-refractivity contribution is -0.157. The summed E-state index contributed by atoms with van der Waals surface area (Å²) in [5.74, 6) is -11.1. The van der Waals surface area contributed by atoms with Gasteiger partial charge in [0, 0.05) is 68.0 Å². The van der Waals surface area contributed by atoms with Crippen molar-refractivity contribution >= 4 is 65.0 Å². The molecule has 11 amide bonds. The molecule has 1 unspecified atom stereocenters. The van der Waals surface area contributed by atoms with Gasteiger partial charge in [-0.3, -0.25) is 52.7 Å². The Morgan fingerprint density at radius 2 is 0.934 bits per heavy atom. The molecule has 1 rings (SSSR count). The molecule has 0 aromatic heterocycles. The monoisotopic (exact) mass is 1290 g/mol. The van der Waals surface area contributed by atoms with Crippen molar-refractivity contribution in [2.45, 2.75) is 235 Å². The summed E-state index contributed by atoms with van der Waals surface area (Å²) < 4.78 is 6.09. The van der Waals surface area contributed by atoms with E-state index in [2.05, 4.69) is 21.3 Å². The maximum atomic E-state index is 15.2. The number of allylic oxidation sites excluding steroid dienone is 1. The van der Waals surface area contributed by atoms with Gasteiger partial charge in [-0.05, 0) is 103 Å². The van der Waals surface area contributed by atoms with Crippen LogP contribution >= 0.6 is 0 Å². The summed E-state index contributed by atoms with van der Waals surface area (Å²) in [7, 11) is 8.23. The van der Waals surface area contributed by atoms with E-state index < -0.39 is 168 Å². The third-order valence-corrected chi connectivity index (χ3v) is 17.0. The van der Waals surface area contributed by atoms with Crippen LogP contribution in [0, 0.1) is 35.5 Å². The third-order valence-electron chi connectivity index (χ3n) is 17.0. The fourth-order valence-corrected chi connectivity index (χ4v) is 11.5. The first kappa shape index (κ1) is 82.8. The number of ether oxygens (including phenoxy) is 1. The second-order valence-electron chi connectivity index (χ2n) is 26.6. The number of rotatable bonds is 20. The van der Waals surface area contributed by atoms with Crippen molar-refractivity contribution in [2.24, 2.45) is 35.5 Å². The smallest absolute Gasteiger partial charge is 0.248 e. The van der Waals surface area contributed by atoms with E-state index in [1.165, 1.54) is 89.6 Å². The van der Waals surface area contributed by atoms with Crippen LogP contribution in [0.5, 0.6) is 0 Å². The van der Waals surface area contributed by atoms with E-state index in [4.69, 9.17) is 4.74 Å². The van der Waals surface area contributed by atoms with E-state index in [-0.39, 0.29) is 63.2 Å². The lowest BCUT2D eigenvalue weighted by Crippen LogP contribution is -2.65. The highest BCUT2D eigenvalue weighted by molar-refractivity contribution is 6.00. The van der Waals surface area contributed by atoms with Crippen molar-refractivity contribution < 1.29 is 72.8 Å². The highest BCUT2D eigenvalue weighted by Gasteiger charge is 2.47. The predicted octanol–water partition coefficient (Wildman–Crippen LogP) is 1.76. The van der Waals surface area contributed by atoms with E-state index >= 15 is 14.4 Å². The molecule has 0 spiro atoms. The molecule has 91 heavy (non-hydrogen) atoms. The van der Waals surface area contributed by atoms with Gasteiger partial charge >= 0.3 is 0 Å². The van der Waals surface area contributed by atoms with Crippen LogP contribution in [0.2, 0.25) is 0 Å². The van der Waals surface area contributed by atoms with Gasteiger partial charge in [0.15, 0.2) is 0 Å². The van der Waals surface area contributed by atoms with Crippen molar-refractivity contribution in [2.75, 3.05) is 68.7 Å². The van der Waals surface area contributed by atoms with Gasteiger partial charge in [0.2, 0.25) is 65.0 Å². The number of nitrogens with zero attached hydrogens (tertiary/aromatic N) is 7. The Balaban J connectivity index is 4.51. The van der Waals surface area contributed by atoms with Crippen LogP contribution in [0.25, 0.3) is 0 Å². The molecule has 26 nitrogen and oxygen atoms in total. The summed E-state index contributed by atoms with van der Waals surface area (Å²) >= 11 is 0. The van der Waals surface area contributed by atoms with Crippen molar-refractivity contribution in [3.05, 3.63) is 12.2 Å². The molecule has 1 heterocycles. The summed E-state index contributed by atoms with van der Waals surface area (Å²) in [6, 6.07) is -15.1. The van der Waals surface area contributed by atoms with Gasteiger partial charge < -0.3 is 75.6 Å². The number of hydrogen-bond donors (Lipinski definition) is 7. The largest absolute Gasteiger partial charge is 0.396 e.